The largest absolute Gasteiger partial charge is 0.489 e. The normalized spacial score (nSPS) is 9.94. The molecule has 0 bridgehead atoms. The minimum absolute atomic E-state index is 0.559. The minimum Gasteiger partial charge on any atom is -0.489 e. The Hall–Kier alpha value is -2.02. The first-order chi connectivity index (χ1) is 8.27. The van der Waals surface area contributed by atoms with Gasteiger partial charge >= 0.3 is 0 Å². The van der Waals surface area contributed by atoms with Gasteiger partial charge in [0.1, 0.15) is 12.4 Å². The molecular formula is C16H16O. The van der Waals surface area contributed by atoms with Crippen molar-refractivity contribution in [2.24, 2.45) is 0 Å². The lowest BCUT2D eigenvalue weighted by Gasteiger charge is -2.11. The Balaban J connectivity index is 2.31. The molecule has 0 saturated carbocycles. The summed E-state index contributed by atoms with van der Waals surface area (Å²) in [5.41, 5.74) is 3.31. The van der Waals surface area contributed by atoms with Crippen LogP contribution >= 0.6 is 0 Å². The fraction of sp³-hybridized carbons (Fsp3) is 0.125. The van der Waals surface area contributed by atoms with Crippen LogP contribution in [0.1, 0.15) is 6.92 Å². The molecule has 2 rings (SSSR count). The molecule has 0 radical (unpaired) electrons. The van der Waals surface area contributed by atoms with Gasteiger partial charge in [-0.3, -0.25) is 0 Å². The third-order valence-corrected chi connectivity index (χ3v) is 2.45. The third kappa shape index (κ3) is 2.97. The van der Waals surface area contributed by atoms with Gasteiger partial charge in [-0.05, 0) is 24.1 Å². The Morgan fingerprint density at radius 3 is 2.35 bits per heavy atom. The Labute approximate surface area is 102 Å². The van der Waals surface area contributed by atoms with Gasteiger partial charge in [-0.1, -0.05) is 55.1 Å². The highest BCUT2D eigenvalue weighted by atomic mass is 16.5. The standard InChI is InChI=1S/C16H16O/c1-13(2)12-17-16-11-7-6-10-15(16)14-8-4-3-5-9-14/h3-11H,1,12H2,2H3. The quantitative estimate of drug-likeness (QED) is 0.703. The third-order valence-electron chi connectivity index (χ3n) is 2.45. The van der Waals surface area contributed by atoms with Gasteiger partial charge in [0.05, 0.1) is 0 Å². The van der Waals surface area contributed by atoms with Gasteiger partial charge in [0.2, 0.25) is 0 Å². The Bertz CT molecular complexity index is 500. The predicted octanol–water partition coefficient (Wildman–Crippen LogP) is 4.31. The van der Waals surface area contributed by atoms with E-state index in [9.17, 15) is 0 Å². The molecule has 1 heteroatoms. The molecular weight excluding hydrogens is 208 g/mol. The summed E-state index contributed by atoms with van der Waals surface area (Å²) < 4.78 is 5.75. The molecule has 17 heavy (non-hydrogen) atoms. The number of hydrogen-bond acceptors (Lipinski definition) is 1. The Kier molecular flexibility index (Phi) is 3.61. The van der Waals surface area contributed by atoms with Gasteiger partial charge in [-0.2, -0.15) is 0 Å². The maximum atomic E-state index is 5.75. The van der Waals surface area contributed by atoms with Crippen LogP contribution in [0.2, 0.25) is 0 Å². The van der Waals surface area contributed by atoms with Crippen molar-refractivity contribution in [3.05, 3.63) is 66.7 Å². The molecule has 1 nitrogen and oxygen atoms in total. The molecule has 0 N–H and O–H groups in total. The molecule has 0 atom stereocenters. The molecule has 0 heterocycles. The fourth-order valence-corrected chi connectivity index (χ4v) is 1.65. The molecule has 0 spiro atoms. The topological polar surface area (TPSA) is 9.23 Å². The summed E-state index contributed by atoms with van der Waals surface area (Å²) >= 11 is 0. The average molecular weight is 224 g/mol. The zero-order valence-corrected chi connectivity index (χ0v) is 10.0. The zero-order valence-electron chi connectivity index (χ0n) is 10.0. The van der Waals surface area contributed by atoms with Gasteiger partial charge in [0, 0.05) is 5.56 Å². The molecule has 2 aromatic carbocycles. The van der Waals surface area contributed by atoms with E-state index in [2.05, 4.69) is 24.8 Å². The summed E-state index contributed by atoms with van der Waals surface area (Å²) in [7, 11) is 0. The zero-order chi connectivity index (χ0) is 12.1. The molecule has 0 aliphatic carbocycles. The number of para-hydroxylation sites is 1. The molecule has 0 aliphatic heterocycles. The second-order valence-electron chi connectivity index (χ2n) is 4.11. The number of benzene rings is 2. The van der Waals surface area contributed by atoms with E-state index in [1.165, 1.54) is 5.56 Å². The Morgan fingerprint density at radius 2 is 1.65 bits per heavy atom. The first kappa shape index (κ1) is 11.5. The van der Waals surface area contributed by atoms with Crippen LogP contribution in [-0.4, -0.2) is 6.61 Å². The lowest BCUT2D eigenvalue weighted by atomic mass is 10.1. The van der Waals surface area contributed by atoms with E-state index in [4.69, 9.17) is 4.74 Å². The van der Waals surface area contributed by atoms with Crippen LogP contribution in [0.25, 0.3) is 11.1 Å². The Morgan fingerprint density at radius 1 is 1.00 bits per heavy atom. The van der Waals surface area contributed by atoms with Crippen LogP contribution < -0.4 is 4.74 Å². The first-order valence-corrected chi connectivity index (χ1v) is 5.69. The van der Waals surface area contributed by atoms with E-state index >= 15 is 0 Å². The summed E-state index contributed by atoms with van der Waals surface area (Å²) in [6.45, 7) is 6.37. The molecule has 86 valence electrons. The summed E-state index contributed by atoms with van der Waals surface area (Å²) in [6, 6.07) is 18.3. The summed E-state index contributed by atoms with van der Waals surface area (Å²) in [5.74, 6) is 0.904. The van der Waals surface area contributed by atoms with Crippen LogP contribution in [0, 0.1) is 0 Å². The summed E-state index contributed by atoms with van der Waals surface area (Å²) in [6.07, 6.45) is 0. The molecule has 0 aromatic heterocycles. The van der Waals surface area contributed by atoms with E-state index in [0.717, 1.165) is 16.9 Å². The van der Waals surface area contributed by atoms with E-state index in [0.29, 0.717) is 6.61 Å². The second kappa shape index (κ2) is 5.35. The van der Waals surface area contributed by atoms with Crippen molar-refractivity contribution in [1.82, 2.24) is 0 Å². The van der Waals surface area contributed by atoms with Crippen molar-refractivity contribution >= 4 is 0 Å². The maximum absolute atomic E-state index is 5.75. The second-order valence-corrected chi connectivity index (χ2v) is 4.11. The van der Waals surface area contributed by atoms with Crippen LogP contribution in [-0.2, 0) is 0 Å². The maximum Gasteiger partial charge on any atom is 0.127 e. The van der Waals surface area contributed by atoms with E-state index in [-0.39, 0.29) is 0 Å². The lowest BCUT2D eigenvalue weighted by molar-refractivity contribution is 0.354. The van der Waals surface area contributed by atoms with E-state index in [1.807, 2.05) is 43.3 Å². The van der Waals surface area contributed by atoms with Crippen LogP contribution in [0.4, 0.5) is 0 Å². The number of rotatable bonds is 4. The van der Waals surface area contributed by atoms with Crippen molar-refractivity contribution in [2.45, 2.75) is 6.92 Å². The molecule has 0 aliphatic rings. The van der Waals surface area contributed by atoms with Crippen LogP contribution in [0.3, 0.4) is 0 Å². The highest BCUT2D eigenvalue weighted by Gasteiger charge is 2.04. The van der Waals surface area contributed by atoms with Crippen molar-refractivity contribution in [3.8, 4) is 16.9 Å². The molecule has 0 amide bonds. The number of ether oxygens (including phenoxy) is 1. The van der Waals surface area contributed by atoms with Gasteiger partial charge in [0.25, 0.3) is 0 Å². The minimum atomic E-state index is 0.559. The van der Waals surface area contributed by atoms with E-state index in [1.54, 1.807) is 0 Å². The number of hydrogen-bond donors (Lipinski definition) is 0. The van der Waals surface area contributed by atoms with E-state index < -0.39 is 0 Å². The fourth-order valence-electron chi connectivity index (χ4n) is 1.65. The monoisotopic (exact) mass is 224 g/mol. The average Bonchev–Trinajstić information content (AvgIpc) is 2.38. The SMILES string of the molecule is C=C(C)COc1ccccc1-c1ccccc1. The van der Waals surface area contributed by atoms with Gasteiger partial charge in [-0.15, -0.1) is 0 Å². The van der Waals surface area contributed by atoms with Crippen molar-refractivity contribution in [2.75, 3.05) is 6.61 Å². The predicted molar refractivity (Wildman–Crippen MR) is 72.2 cm³/mol. The van der Waals surface area contributed by atoms with Gasteiger partial charge < -0.3 is 4.74 Å². The van der Waals surface area contributed by atoms with Gasteiger partial charge in [0.15, 0.2) is 0 Å². The molecule has 0 saturated heterocycles. The van der Waals surface area contributed by atoms with Crippen molar-refractivity contribution < 1.29 is 4.74 Å². The first-order valence-electron chi connectivity index (χ1n) is 5.69. The van der Waals surface area contributed by atoms with Crippen molar-refractivity contribution in [1.29, 1.82) is 0 Å². The summed E-state index contributed by atoms with van der Waals surface area (Å²) in [5, 5.41) is 0. The van der Waals surface area contributed by atoms with Gasteiger partial charge in [-0.25, -0.2) is 0 Å². The van der Waals surface area contributed by atoms with Crippen LogP contribution in [0.5, 0.6) is 5.75 Å². The summed E-state index contributed by atoms with van der Waals surface area (Å²) in [4.78, 5) is 0. The smallest absolute Gasteiger partial charge is 0.127 e. The highest BCUT2D eigenvalue weighted by Crippen LogP contribution is 2.29. The van der Waals surface area contributed by atoms with Crippen molar-refractivity contribution in [3.63, 3.8) is 0 Å². The lowest BCUT2D eigenvalue weighted by Crippen LogP contribution is -1.98. The van der Waals surface area contributed by atoms with Crippen LogP contribution in [0.15, 0.2) is 66.7 Å². The highest BCUT2D eigenvalue weighted by molar-refractivity contribution is 5.70. The molecule has 2 aromatic rings. The molecule has 0 fully saturated rings. The molecule has 0 unspecified atom stereocenters.